The highest BCUT2D eigenvalue weighted by Crippen LogP contribution is 2.27. The average molecular weight is 414 g/mol. The molecule has 0 bridgehead atoms. The molecule has 0 aliphatic carbocycles. The van der Waals surface area contributed by atoms with E-state index in [0.717, 1.165) is 11.0 Å². The van der Waals surface area contributed by atoms with Crippen molar-refractivity contribution in [1.29, 1.82) is 0 Å². The predicted molar refractivity (Wildman–Crippen MR) is 91.9 cm³/mol. The van der Waals surface area contributed by atoms with Crippen molar-refractivity contribution < 1.29 is 14.6 Å². The summed E-state index contributed by atoms with van der Waals surface area (Å²) in [5.41, 5.74) is 0. The van der Waals surface area contributed by atoms with Gasteiger partial charge in [0, 0.05) is 30.6 Å². The molecule has 2 atom stereocenters. The topological polar surface area (TPSA) is 70.6 Å². The second-order valence-corrected chi connectivity index (χ2v) is 6.25. The summed E-state index contributed by atoms with van der Waals surface area (Å²) in [6.45, 7) is 2.10. The van der Waals surface area contributed by atoms with E-state index in [1.54, 1.807) is 18.2 Å². The second kappa shape index (κ2) is 9.57. The second-order valence-electron chi connectivity index (χ2n) is 4.96. The lowest BCUT2D eigenvalue weighted by molar-refractivity contribution is -0.121. The number of hydrogen-bond acceptors (Lipinski definition) is 4. The van der Waals surface area contributed by atoms with Gasteiger partial charge in [0.15, 0.2) is 0 Å². The normalized spacial score (nSPS) is 20.3. The Hall–Kier alpha value is -0.530. The molecule has 1 heterocycles. The molecule has 0 saturated carbocycles. The standard InChI is InChI=1S/C14H18BrClN2O3.ClH/c15-11-5-10(16)1-2-13(11)21-4-3-14(20)18-7-9-6-17-8-12(9)19;/h1-2,5,9,12,17,19H,3-4,6-8H2,(H,18,20);1H. The fourth-order valence-electron chi connectivity index (χ4n) is 2.11. The zero-order chi connectivity index (χ0) is 15.2. The lowest BCUT2D eigenvalue weighted by Crippen LogP contribution is -2.34. The molecule has 1 saturated heterocycles. The van der Waals surface area contributed by atoms with Gasteiger partial charge in [-0.1, -0.05) is 11.6 Å². The summed E-state index contributed by atoms with van der Waals surface area (Å²) in [4.78, 5) is 11.7. The average Bonchev–Trinajstić information content (AvgIpc) is 2.84. The van der Waals surface area contributed by atoms with E-state index < -0.39 is 0 Å². The Labute approximate surface area is 149 Å². The Kier molecular flexibility index (Phi) is 8.49. The molecule has 1 aliphatic rings. The molecule has 124 valence electrons. The van der Waals surface area contributed by atoms with Crippen LogP contribution in [0.5, 0.6) is 5.75 Å². The molecule has 0 spiro atoms. The first-order valence-electron chi connectivity index (χ1n) is 6.79. The van der Waals surface area contributed by atoms with E-state index >= 15 is 0 Å². The number of ether oxygens (including phenoxy) is 1. The molecule has 2 rings (SSSR count). The molecule has 2 unspecified atom stereocenters. The third-order valence-electron chi connectivity index (χ3n) is 3.35. The van der Waals surface area contributed by atoms with Gasteiger partial charge >= 0.3 is 0 Å². The smallest absolute Gasteiger partial charge is 0.223 e. The summed E-state index contributed by atoms with van der Waals surface area (Å²) in [7, 11) is 0. The van der Waals surface area contributed by atoms with Crippen LogP contribution in [0.4, 0.5) is 0 Å². The van der Waals surface area contributed by atoms with Crippen molar-refractivity contribution in [1.82, 2.24) is 10.6 Å². The van der Waals surface area contributed by atoms with Gasteiger partial charge in [-0.3, -0.25) is 4.79 Å². The van der Waals surface area contributed by atoms with Crippen LogP contribution in [0.2, 0.25) is 5.02 Å². The van der Waals surface area contributed by atoms with Gasteiger partial charge < -0.3 is 20.5 Å². The maximum absolute atomic E-state index is 11.7. The first kappa shape index (κ1) is 19.5. The lowest BCUT2D eigenvalue weighted by Gasteiger charge is -2.14. The van der Waals surface area contributed by atoms with Crippen LogP contribution in [0.25, 0.3) is 0 Å². The lowest BCUT2D eigenvalue weighted by atomic mass is 10.1. The van der Waals surface area contributed by atoms with Crippen LogP contribution in [0, 0.1) is 5.92 Å². The molecular weight excluding hydrogens is 395 g/mol. The van der Waals surface area contributed by atoms with E-state index in [1.165, 1.54) is 0 Å². The van der Waals surface area contributed by atoms with E-state index in [2.05, 4.69) is 26.6 Å². The highest BCUT2D eigenvalue weighted by molar-refractivity contribution is 9.10. The fraction of sp³-hybridized carbons (Fsp3) is 0.500. The molecule has 1 aromatic rings. The van der Waals surface area contributed by atoms with E-state index in [0.29, 0.717) is 23.9 Å². The van der Waals surface area contributed by atoms with Crippen LogP contribution in [-0.4, -0.2) is 43.4 Å². The third kappa shape index (κ3) is 5.93. The zero-order valence-corrected chi connectivity index (χ0v) is 15.0. The summed E-state index contributed by atoms with van der Waals surface area (Å²) in [5.74, 6) is 0.655. The fourth-order valence-corrected chi connectivity index (χ4v) is 2.90. The van der Waals surface area contributed by atoms with Gasteiger partial charge in [-0.05, 0) is 34.1 Å². The van der Waals surface area contributed by atoms with Crippen LogP contribution in [0.3, 0.4) is 0 Å². The zero-order valence-electron chi connectivity index (χ0n) is 11.9. The number of carbonyl (C=O) groups is 1. The third-order valence-corrected chi connectivity index (χ3v) is 4.20. The van der Waals surface area contributed by atoms with E-state index in [4.69, 9.17) is 16.3 Å². The number of aliphatic hydroxyl groups excluding tert-OH is 1. The molecule has 1 aliphatic heterocycles. The Bertz CT molecular complexity index is 505. The highest BCUT2D eigenvalue weighted by atomic mass is 79.9. The minimum absolute atomic E-state index is 0. The van der Waals surface area contributed by atoms with Crippen LogP contribution < -0.4 is 15.4 Å². The molecule has 22 heavy (non-hydrogen) atoms. The van der Waals surface area contributed by atoms with Crippen molar-refractivity contribution in [2.75, 3.05) is 26.2 Å². The molecule has 1 aromatic carbocycles. The number of benzene rings is 1. The summed E-state index contributed by atoms with van der Waals surface area (Å²) in [6.07, 6.45) is -0.114. The van der Waals surface area contributed by atoms with Crippen molar-refractivity contribution in [3.63, 3.8) is 0 Å². The molecule has 1 fully saturated rings. The monoisotopic (exact) mass is 412 g/mol. The number of carbonyl (C=O) groups excluding carboxylic acids is 1. The van der Waals surface area contributed by atoms with E-state index in [1.807, 2.05) is 0 Å². The molecule has 0 radical (unpaired) electrons. The number of aliphatic hydroxyl groups is 1. The number of rotatable bonds is 6. The van der Waals surface area contributed by atoms with E-state index in [-0.39, 0.29) is 43.4 Å². The molecule has 5 nitrogen and oxygen atoms in total. The van der Waals surface area contributed by atoms with Crippen molar-refractivity contribution in [2.45, 2.75) is 12.5 Å². The predicted octanol–water partition coefficient (Wildman–Crippen LogP) is 1.99. The van der Waals surface area contributed by atoms with Crippen molar-refractivity contribution in [3.05, 3.63) is 27.7 Å². The minimum Gasteiger partial charge on any atom is -0.492 e. The van der Waals surface area contributed by atoms with E-state index in [9.17, 15) is 9.90 Å². The Balaban J connectivity index is 0.00000242. The molecule has 1 amide bonds. The largest absolute Gasteiger partial charge is 0.492 e. The van der Waals surface area contributed by atoms with Gasteiger partial charge in [0.2, 0.25) is 5.91 Å². The number of β-amino-alcohol motifs (C(OH)–C–C–N with tert-alkyl or cyclic N) is 1. The van der Waals surface area contributed by atoms with Gasteiger partial charge in [0.05, 0.1) is 23.6 Å². The van der Waals surface area contributed by atoms with Crippen LogP contribution in [0.1, 0.15) is 6.42 Å². The number of halogens is 3. The molecular formula is C14H19BrCl2N2O3. The SMILES string of the molecule is Cl.O=C(CCOc1ccc(Cl)cc1Br)NCC1CNCC1O. The molecule has 8 heteroatoms. The van der Waals surface area contributed by atoms with Gasteiger partial charge in [0.1, 0.15) is 5.75 Å². The summed E-state index contributed by atoms with van der Waals surface area (Å²) in [5, 5.41) is 16.1. The number of nitrogens with one attached hydrogen (secondary N) is 2. The van der Waals surface area contributed by atoms with Crippen LogP contribution >= 0.6 is 39.9 Å². The van der Waals surface area contributed by atoms with Gasteiger partial charge in [0.25, 0.3) is 0 Å². The summed E-state index contributed by atoms with van der Waals surface area (Å²) < 4.78 is 6.29. The Morgan fingerprint density at radius 3 is 2.91 bits per heavy atom. The number of amides is 1. The van der Waals surface area contributed by atoms with Gasteiger partial charge in [-0.2, -0.15) is 0 Å². The first-order chi connectivity index (χ1) is 10.1. The highest BCUT2D eigenvalue weighted by Gasteiger charge is 2.24. The van der Waals surface area contributed by atoms with Crippen LogP contribution in [0.15, 0.2) is 22.7 Å². The Morgan fingerprint density at radius 1 is 1.50 bits per heavy atom. The first-order valence-corrected chi connectivity index (χ1v) is 7.96. The van der Waals surface area contributed by atoms with Crippen molar-refractivity contribution in [2.24, 2.45) is 5.92 Å². The maximum atomic E-state index is 11.7. The summed E-state index contributed by atoms with van der Waals surface area (Å²) in [6, 6.07) is 5.23. The molecule has 3 N–H and O–H groups in total. The summed E-state index contributed by atoms with van der Waals surface area (Å²) >= 11 is 9.19. The maximum Gasteiger partial charge on any atom is 0.223 e. The van der Waals surface area contributed by atoms with Gasteiger partial charge in [-0.15, -0.1) is 12.4 Å². The molecule has 0 aromatic heterocycles. The van der Waals surface area contributed by atoms with Gasteiger partial charge in [-0.25, -0.2) is 0 Å². The van der Waals surface area contributed by atoms with Crippen molar-refractivity contribution >= 4 is 45.8 Å². The van der Waals surface area contributed by atoms with Crippen molar-refractivity contribution in [3.8, 4) is 5.75 Å². The van der Waals surface area contributed by atoms with Crippen LogP contribution in [-0.2, 0) is 4.79 Å². The quantitative estimate of drug-likeness (QED) is 0.666. The number of hydrogen-bond donors (Lipinski definition) is 3. The Morgan fingerprint density at radius 2 is 2.27 bits per heavy atom. The minimum atomic E-state index is -0.383.